The maximum atomic E-state index is 14.3. The van der Waals surface area contributed by atoms with Crippen LogP contribution in [0, 0.1) is 11.6 Å². The Balaban J connectivity index is 0.00000176. The maximum Gasteiger partial charge on any atom is 0.132 e. The second-order valence-corrected chi connectivity index (χ2v) is 5.42. The normalized spacial score (nSPS) is 17.0. The molecule has 1 aromatic carbocycles. The van der Waals surface area contributed by atoms with Crippen LogP contribution >= 0.6 is 24.0 Å². The van der Waals surface area contributed by atoms with Crippen LogP contribution in [0.5, 0.6) is 0 Å². The number of hydrogen-bond acceptors (Lipinski definition) is 3. The minimum absolute atomic E-state index is 0. The molecule has 7 heteroatoms. The number of nitrogens with zero attached hydrogens (tertiary/aromatic N) is 1. The third kappa shape index (κ3) is 3.43. The first kappa shape index (κ1) is 17.2. The summed E-state index contributed by atoms with van der Waals surface area (Å²) in [6.45, 7) is 2.92. The summed E-state index contributed by atoms with van der Waals surface area (Å²) in [5.41, 5.74) is -0.0174. The average molecular weight is 349 g/mol. The second kappa shape index (κ2) is 7.42. The predicted octanol–water partition coefficient (Wildman–Crippen LogP) is 3.63. The number of nitrogens with one attached hydrogen (secondary N) is 1. The molecule has 1 atom stereocenters. The van der Waals surface area contributed by atoms with Crippen LogP contribution < -0.4 is 5.32 Å². The summed E-state index contributed by atoms with van der Waals surface area (Å²) in [6, 6.07) is 5.14. The molecule has 22 heavy (non-hydrogen) atoms. The first-order valence-corrected chi connectivity index (χ1v) is 7.17. The van der Waals surface area contributed by atoms with Gasteiger partial charge in [0.1, 0.15) is 17.4 Å². The van der Waals surface area contributed by atoms with Crippen LogP contribution in [0.25, 0.3) is 0 Å². The lowest BCUT2D eigenvalue weighted by Gasteiger charge is -2.34. The predicted molar refractivity (Wildman–Crippen MR) is 83.6 cm³/mol. The lowest BCUT2D eigenvalue weighted by molar-refractivity contribution is 0.173. The van der Waals surface area contributed by atoms with Crippen LogP contribution in [-0.2, 0) is 0 Å². The Labute approximate surface area is 138 Å². The fraction of sp³-hybridized carbons (Fsp3) is 0.333. The van der Waals surface area contributed by atoms with E-state index in [9.17, 15) is 8.78 Å². The van der Waals surface area contributed by atoms with Gasteiger partial charge in [-0.3, -0.25) is 4.90 Å². The molecule has 0 unspecified atom stereocenters. The summed E-state index contributed by atoms with van der Waals surface area (Å²) < 4.78 is 34.0. The zero-order valence-corrected chi connectivity index (χ0v) is 13.3. The third-order valence-corrected chi connectivity index (χ3v) is 3.86. The van der Waals surface area contributed by atoms with Crippen LogP contribution in [0.4, 0.5) is 8.78 Å². The van der Waals surface area contributed by atoms with Crippen molar-refractivity contribution in [3.05, 3.63) is 58.5 Å². The number of rotatable bonds is 3. The first-order valence-electron chi connectivity index (χ1n) is 6.79. The summed E-state index contributed by atoms with van der Waals surface area (Å²) in [5.74, 6) is -0.781. The fourth-order valence-electron chi connectivity index (χ4n) is 2.71. The van der Waals surface area contributed by atoms with E-state index in [0.717, 1.165) is 25.2 Å². The highest BCUT2D eigenvalue weighted by atomic mass is 35.5. The van der Waals surface area contributed by atoms with Crippen molar-refractivity contribution in [2.45, 2.75) is 6.04 Å². The Morgan fingerprint density at radius 1 is 1.18 bits per heavy atom. The van der Waals surface area contributed by atoms with Gasteiger partial charge in [0.05, 0.1) is 12.3 Å². The molecule has 3 nitrogen and oxygen atoms in total. The topological polar surface area (TPSA) is 28.4 Å². The quantitative estimate of drug-likeness (QED) is 0.917. The summed E-state index contributed by atoms with van der Waals surface area (Å²) in [6.07, 6.45) is 1.51. The Kier molecular flexibility index (Phi) is 5.81. The highest BCUT2D eigenvalue weighted by molar-refractivity contribution is 6.30. The van der Waals surface area contributed by atoms with Gasteiger partial charge in [0.2, 0.25) is 0 Å². The Bertz CT molecular complexity index is 593. The zero-order valence-electron chi connectivity index (χ0n) is 11.7. The van der Waals surface area contributed by atoms with Crippen LogP contribution in [0.2, 0.25) is 5.02 Å². The van der Waals surface area contributed by atoms with Gasteiger partial charge in [-0.1, -0.05) is 11.6 Å². The molecule has 1 aliphatic rings. The zero-order chi connectivity index (χ0) is 14.8. The van der Waals surface area contributed by atoms with E-state index >= 15 is 0 Å². The summed E-state index contributed by atoms with van der Waals surface area (Å²) in [7, 11) is 0. The van der Waals surface area contributed by atoms with Gasteiger partial charge in [-0.2, -0.15) is 0 Å². The first-order chi connectivity index (χ1) is 10.2. The lowest BCUT2D eigenvalue weighted by atomic mass is 10.0. The minimum Gasteiger partial charge on any atom is -0.467 e. The molecule has 1 aromatic heterocycles. The van der Waals surface area contributed by atoms with Gasteiger partial charge in [-0.05, 0) is 24.3 Å². The molecule has 1 N–H and O–H groups in total. The number of hydrogen-bond donors (Lipinski definition) is 1. The molecule has 0 spiro atoms. The van der Waals surface area contributed by atoms with Gasteiger partial charge in [-0.15, -0.1) is 12.4 Å². The van der Waals surface area contributed by atoms with Crippen molar-refractivity contribution in [2.75, 3.05) is 26.2 Å². The summed E-state index contributed by atoms with van der Waals surface area (Å²) >= 11 is 5.71. The van der Waals surface area contributed by atoms with E-state index in [-0.39, 0.29) is 23.0 Å². The smallest absolute Gasteiger partial charge is 0.132 e. The molecule has 0 aliphatic carbocycles. The van der Waals surface area contributed by atoms with Crippen molar-refractivity contribution < 1.29 is 13.2 Å². The molecule has 120 valence electrons. The highest BCUT2D eigenvalue weighted by Gasteiger charge is 2.31. The third-order valence-electron chi connectivity index (χ3n) is 3.65. The molecule has 3 rings (SSSR count). The lowest BCUT2D eigenvalue weighted by Crippen LogP contribution is -2.45. The van der Waals surface area contributed by atoms with E-state index in [1.54, 1.807) is 12.1 Å². The van der Waals surface area contributed by atoms with E-state index in [1.165, 1.54) is 6.26 Å². The fourth-order valence-corrected chi connectivity index (χ4v) is 2.90. The van der Waals surface area contributed by atoms with Gasteiger partial charge in [-0.25, -0.2) is 8.78 Å². The van der Waals surface area contributed by atoms with E-state index in [1.807, 2.05) is 4.90 Å². The number of benzene rings is 1. The molecule has 0 radical (unpaired) electrons. The van der Waals surface area contributed by atoms with Gasteiger partial charge < -0.3 is 9.73 Å². The van der Waals surface area contributed by atoms with E-state index in [2.05, 4.69) is 5.32 Å². The number of furan rings is 1. The van der Waals surface area contributed by atoms with Crippen molar-refractivity contribution in [3.8, 4) is 0 Å². The molecule has 1 aliphatic heterocycles. The molecule has 2 heterocycles. The largest absolute Gasteiger partial charge is 0.467 e. The van der Waals surface area contributed by atoms with Crippen molar-refractivity contribution >= 4 is 24.0 Å². The van der Waals surface area contributed by atoms with Crippen molar-refractivity contribution in [1.29, 1.82) is 0 Å². The number of piperazine rings is 1. The molecular weight excluding hydrogens is 333 g/mol. The van der Waals surface area contributed by atoms with Crippen LogP contribution in [0.3, 0.4) is 0 Å². The van der Waals surface area contributed by atoms with Gasteiger partial charge in [0.25, 0.3) is 0 Å². The summed E-state index contributed by atoms with van der Waals surface area (Å²) in [5, 5.41) is 3.27. The van der Waals surface area contributed by atoms with Crippen molar-refractivity contribution in [2.24, 2.45) is 0 Å². The van der Waals surface area contributed by atoms with Crippen LogP contribution in [0.1, 0.15) is 17.4 Å². The van der Waals surface area contributed by atoms with E-state index in [4.69, 9.17) is 16.0 Å². The van der Waals surface area contributed by atoms with Gasteiger partial charge in [0, 0.05) is 36.8 Å². The van der Waals surface area contributed by atoms with Gasteiger partial charge in [0.15, 0.2) is 0 Å². The van der Waals surface area contributed by atoms with Crippen LogP contribution in [0.15, 0.2) is 34.9 Å². The molecule has 2 aromatic rings. The molecule has 0 saturated carbocycles. The Morgan fingerprint density at radius 3 is 2.36 bits per heavy atom. The van der Waals surface area contributed by atoms with E-state index in [0.29, 0.717) is 18.8 Å². The molecule has 0 amide bonds. The SMILES string of the molecule is Cl.Fc1cc(Cl)cc(F)c1[C@@H](c1ccco1)N1CCNCC1. The van der Waals surface area contributed by atoms with Crippen LogP contribution in [-0.4, -0.2) is 31.1 Å². The van der Waals surface area contributed by atoms with Crippen molar-refractivity contribution in [1.82, 2.24) is 10.2 Å². The number of halogens is 4. The molecular formula is C15H16Cl2F2N2O. The Morgan fingerprint density at radius 2 is 1.82 bits per heavy atom. The Hall–Kier alpha value is -1.14. The standard InChI is InChI=1S/C15H15ClF2N2O.ClH/c16-10-8-11(17)14(12(18)9-10)15(13-2-1-7-21-13)20-5-3-19-4-6-20;/h1-2,7-9,15,19H,3-6H2;1H/t15-;/m1./s1. The van der Waals surface area contributed by atoms with Gasteiger partial charge >= 0.3 is 0 Å². The van der Waals surface area contributed by atoms with E-state index < -0.39 is 17.7 Å². The average Bonchev–Trinajstić information content (AvgIpc) is 2.97. The maximum absolute atomic E-state index is 14.3. The highest BCUT2D eigenvalue weighted by Crippen LogP contribution is 2.34. The minimum atomic E-state index is -0.653. The van der Waals surface area contributed by atoms with Crippen molar-refractivity contribution in [3.63, 3.8) is 0 Å². The summed E-state index contributed by atoms with van der Waals surface area (Å²) in [4.78, 5) is 2.00. The molecule has 1 saturated heterocycles. The monoisotopic (exact) mass is 348 g/mol. The molecule has 1 fully saturated rings. The molecule has 0 bridgehead atoms. The second-order valence-electron chi connectivity index (χ2n) is 4.99.